The van der Waals surface area contributed by atoms with E-state index < -0.39 is 0 Å². The Balaban J connectivity index is 1.75. The second kappa shape index (κ2) is 4.92. The Morgan fingerprint density at radius 3 is 2.54 bits per heavy atom. The van der Waals surface area contributed by atoms with E-state index in [0.29, 0.717) is 9.52 Å². The fourth-order valence-electron chi connectivity index (χ4n) is 3.56. The average molecular weight is 326 g/mol. The van der Waals surface area contributed by atoms with Crippen LogP contribution < -0.4 is 5.19 Å². The summed E-state index contributed by atoms with van der Waals surface area (Å²) in [5, 5.41) is 5.14. The highest BCUT2D eigenvalue weighted by Crippen LogP contribution is 2.31. The highest BCUT2D eigenvalue weighted by molar-refractivity contribution is 6.89. The van der Waals surface area contributed by atoms with E-state index in [-0.39, 0.29) is 0 Å². The lowest BCUT2D eigenvalue weighted by Gasteiger charge is -2.02. The SMILES string of the molecule is Cc1ccccc1C1=[N+](C)c2cc3c(cc2[Si]1)oc1ccccc13. The van der Waals surface area contributed by atoms with Gasteiger partial charge in [-0.2, -0.15) is 0 Å². The van der Waals surface area contributed by atoms with Crippen LogP contribution in [0.3, 0.4) is 0 Å². The summed E-state index contributed by atoms with van der Waals surface area (Å²) in [6.07, 6.45) is 0. The summed E-state index contributed by atoms with van der Waals surface area (Å²) in [5.74, 6) is 0. The van der Waals surface area contributed by atoms with Gasteiger partial charge in [-0.1, -0.05) is 36.4 Å². The largest absolute Gasteiger partial charge is 0.456 e. The van der Waals surface area contributed by atoms with Crippen molar-refractivity contribution in [1.82, 2.24) is 0 Å². The third-order valence-corrected chi connectivity index (χ3v) is 6.36. The maximum atomic E-state index is 6.05. The second-order valence-corrected chi connectivity index (χ2v) is 7.57. The van der Waals surface area contributed by atoms with Crippen molar-refractivity contribution in [2.24, 2.45) is 0 Å². The maximum Gasteiger partial charge on any atom is 0.223 e. The molecule has 0 saturated heterocycles. The molecule has 0 N–H and O–H groups in total. The molecule has 2 nitrogen and oxygen atoms in total. The Morgan fingerprint density at radius 1 is 0.875 bits per heavy atom. The molecule has 114 valence electrons. The zero-order valence-corrected chi connectivity index (χ0v) is 14.6. The molecule has 1 aromatic heterocycles. The normalized spacial score (nSPS) is 13.9. The molecule has 0 saturated carbocycles. The van der Waals surface area contributed by atoms with Gasteiger partial charge in [-0.05, 0) is 30.7 Å². The summed E-state index contributed by atoms with van der Waals surface area (Å²) in [6.45, 7) is 2.18. The van der Waals surface area contributed by atoms with Gasteiger partial charge >= 0.3 is 0 Å². The predicted molar refractivity (Wildman–Crippen MR) is 100 cm³/mol. The Morgan fingerprint density at radius 2 is 1.67 bits per heavy atom. The van der Waals surface area contributed by atoms with E-state index in [1.807, 2.05) is 12.1 Å². The number of nitrogens with zero attached hydrogens (tertiary/aromatic N) is 1. The summed E-state index contributed by atoms with van der Waals surface area (Å²) in [6, 6.07) is 21.4. The number of rotatable bonds is 1. The molecule has 5 rings (SSSR count). The molecule has 24 heavy (non-hydrogen) atoms. The van der Waals surface area contributed by atoms with Gasteiger partial charge in [0.1, 0.15) is 18.2 Å². The van der Waals surface area contributed by atoms with E-state index in [4.69, 9.17) is 4.42 Å². The fraction of sp³-hybridized carbons (Fsp3) is 0.0952. The minimum Gasteiger partial charge on any atom is -0.456 e. The standard InChI is InChI=1S/C21H16NOSi/c1-13-7-3-4-8-14(13)21-22(2)17-11-16-15-9-5-6-10-18(15)23-19(16)12-20(17)24-21/h3-12H,1-2H3/q+1. The third-order valence-electron chi connectivity index (χ3n) is 4.85. The van der Waals surface area contributed by atoms with Crippen molar-refractivity contribution in [2.75, 3.05) is 7.05 Å². The van der Waals surface area contributed by atoms with Crippen LogP contribution in [-0.4, -0.2) is 26.5 Å². The number of furan rings is 1. The van der Waals surface area contributed by atoms with Crippen LogP contribution in [0.2, 0.25) is 0 Å². The number of hydrogen-bond donors (Lipinski definition) is 0. The van der Waals surface area contributed by atoms with Crippen LogP contribution in [0.25, 0.3) is 21.9 Å². The Bertz CT molecular complexity index is 1150. The van der Waals surface area contributed by atoms with Crippen molar-refractivity contribution in [3.8, 4) is 0 Å². The molecule has 0 amide bonds. The molecule has 1 aliphatic rings. The van der Waals surface area contributed by atoms with Crippen LogP contribution in [0.4, 0.5) is 5.69 Å². The molecule has 0 fully saturated rings. The molecule has 0 aliphatic carbocycles. The van der Waals surface area contributed by atoms with Crippen LogP contribution >= 0.6 is 0 Å². The van der Waals surface area contributed by atoms with Crippen molar-refractivity contribution in [3.05, 3.63) is 71.8 Å². The van der Waals surface area contributed by atoms with Gasteiger partial charge in [0.05, 0.1) is 0 Å². The number of para-hydroxylation sites is 1. The van der Waals surface area contributed by atoms with E-state index in [9.17, 15) is 0 Å². The smallest absolute Gasteiger partial charge is 0.223 e. The zero-order valence-electron chi connectivity index (χ0n) is 13.6. The molecule has 0 unspecified atom stereocenters. The van der Waals surface area contributed by atoms with Gasteiger partial charge in [-0.3, -0.25) is 0 Å². The Hall–Kier alpha value is -2.65. The lowest BCUT2D eigenvalue weighted by Crippen LogP contribution is -2.21. The molecule has 0 spiro atoms. The van der Waals surface area contributed by atoms with Crippen LogP contribution in [0.1, 0.15) is 11.1 Å². The predicted octanol–water partition coefficient (Wildman–Crippen LogP) is 3.96. The maximum absolute atomic E-state index is 6.05. The van der Waals surface area contributed by atoms with Crippen LogP contribution in [0.15, 0.2) is 65.1 Å². The van der Waals surface area contributed by atoms with E-state index in [0.717, 1.165) is 11.2 Å². The second-order valence-electron chi connectivity index (χ2n) is 6.31. The van der Waals surface area contributed by atoms with Gasteiger partial charge in [0.2, 0.25) is 15.2 Å². The van der Waals surface area contributed by atoms with Crippen molar-refractivity contribution >= 4 is 47.7 Å². The first-order chi connectivity index (χ1) is 11.7. The topological polar surface area (TPSA) is 16.1 Å². The number of hydrogen-bond acceptors (Lipinski definition) is 1. The van der Waals surface area contributed by atoms with Gasteiger partial charge < -0.3 is 4.42 Å². The first-order valence-corrected chi connectivity index (χ1v) is 9.11. The summed E-state index contributed by atoms with van der Waals surface area (Å²) >= 11 is 0. The van der Waals surface area contributed by atoms with Gasteiger partial charge in [-0.25, -0.2) is 4.58 Å². The number of fused-ring (bicyclic) bond motifs is 4. The first-order valence-electron chi connectivity index (χ1n) is 8.11. The molecule has 0 atom stereocenters. The van der Waals surface area contributed by atoms with E-state index in [2.05, 4.69) is 67.1 Å². The van der Waals surface area contributed by atoms with Crippen LogP contribution in [0.5, 0.6) is 0 Å². The molecule has 0 bridgehead atoms. The molecular formula is C21H16NOSi+. The molecule has 1 aliphatic heterocycles. The summed E-state index contributed by atoms with van der Waals surface area (Å²) in [5.41, 5.74) is 5.92. The molecular weight excluding hydrogens is 310 g/mol. The molecule has 3 aromatic carbocycles. The van der Waals surface area contributed by atoms with Gasteiger partial charge in [0, 0.05) is 27.6 Å². The quantitative estimate of drug-likeness (QED) is 0.382. The summed E-state index contributed by atoms with van der Waals surface area (Å²) in [7, 11) is 2.83. The van der Waals surface area contributed by atoms with Crippen molar-refractivity contribution < 1.29 is 8.99 Å². The number of benzene rings is 3. The van der Waals surface area contributed by atoms with Gasteiger partial charge in [0.15, 0.2) is 5.33 Å². The van der Waals surface area contributed by atoms with Crippen molar-refractivity contribution in [1.29, 1.82) is 0 Å². The van der Waals surface area contributed by atoms with Gasteiger partial charge in [-0.15, -0.1) is 0 Å². The summed E-state index contributed by atoms with van der Waals surface area (Å²) in [4.78, 5) is 0. The minimum absolute atomic E-state index is 0.658. The highest BCUT2D eigenvalue weighted by atomic mass is 28.2. The molecule has 2 radical (unpaired) electrons. The van der Waals surface area contributed by atoms with E-state index in [1.54, 1.807) is 0 Å². The van der Waals surface area contributed by atoms with E-state index >= 15 is 0 Å². The van der Waals surface area contributed by atoms with Crippen molar-refractivity contribution in [2.45, 2.75) is 6.92 Å². The first kappa shape index (κ1) is 13.8. The summed E-state index contributed by atoms with van der Waals surface area (Å²) < 4.78 is 8.40. The molecule has 4 aromatic rings. The fourth-order valence-corrected chi connectivity index (χ4v) is 5.09. The third kappa shape index (κ3) is 1.85. The van der Waals surface area contributed by atoms with Crippen LogP contribution in [-0.2, 0) is 0 Å². The van der Waals surface area contributed by atoms with E-state index in [1.165, 1.54) is 38.1 Å². The average Bonchev–Trinajstić information content (AvgIpc) is 3.11. The molecule has 2 heterocycles. The lowest BCUT2D eigenvalue weighted by atomic mass is 10.1. The monoisotopic (exact) mass is 326 g/mol. The molecule has 3 heteroatoms. The Labute approximate surface area is 142 Å². The van der Waals surface area contributed by atoms with Gasteiger partial charge in [0.25, 0.3) is 0 Å². The van der Waals surface area contributed by atoms with Crippen molar-refractivity contribution in [3.63, 3.8) is 0 Å². The van der Waals surface area contributed by atoms with Crippen LogP contribution in [0, 0.1) is 6.92 Å². The lowest BCUT2D eigenvalue weighted by molar-refractivity contribution is -0.398. The Kier molecular flexibility index (Phi) is 2.82. The zero-order chi connectivity index (χ0) is 16.3. The highest BCUT2D eigenvalue weighted by Gasteiger charge is 2.31. The minimum atomic E-state index is 0.658. The number of aryl methyl sites for hydroxylation is 1.